The van der Waals surface area contributed by atoms with E-state index < -0.39 is 0 Å². The van der Waals surface area contributed by atoms with E-state index in [1.807, 2.05) is 0 Å². The molecule has 1 aliphatic carbocycles. The van der Waals surface area contributed by atoms with E-state index in [2.05, 4.69) is 34.6 Å². The van der Waals surface area contributed by atoms with Crippen molar-refractivity contribution in [2.45, 2.75) is 66.7 Å². The second kappa shape index (κ2) is 5.92. The zero-order chi connectivity index (χ0) is 11.4. The van der Waals surface area contributed by atoms with Gasteiger partial charge in [0.2, 0.25) is 0 Å². The summed E-state index contributed by atoms with van der Waals surface area (Å²) >= 11 is 0. The Labute approximate surface area is 96.8 Å². The van der Waals surface area contributed by atoms with Crippen LogP contribution in [0.4, 0.5) is 0 Å². The van der Waals surface area contributed by atoms with Crippen LogP contribution >= 0.6 is 0 Å². The average Bonchev–Trinajstić information content (AvgIpc) is 2.10. The molecule has 3 unspecified atom stereocenters. The number of hydrogen-bond donors (Lipinski definition) is 0. The summed E-state index contributed by atoms with van der Waals surface area (Å²) in [6.45, 7) is 12.1. The Kier molecular flexibility index (Phi) is 5.15. The minimum Gasteiger partial charge on any atom is -0.0625 e. The van der Waals surface area contributed by atoms with Crippen molar-refractivity contribution in [2.75, 3.05) is 0 Å². The van der Waals surface area contributed by atoms with Crippen molar-refractivity contribution in [2.24, 2.45) is 29.6 Å². The highest BCUT2D eigenvalue weighted by Crippen LogP contribution is 2.38. The molecule has 3 atom stereocenters. The van der Waals surface area contributed by atoms with E-state index in [1.54, 1.807) is 0 Å². The van der Waals surface area contributed by atoms with Crippen LogP contribution in [0.15, 0.2) is 0 Å². The molecule has 1 rings (SSSR count). The Morgan fingerprint density at radius 3 is 1.80 bits per heavy atom. The highest BCUT2D eigenvalue weighted by molar-refractivity contribution is 4.78. The van der Waals surface area contributed by atoms with Crippen LogP contribution in [-0.4, -0.2) is 0 Å². The highest BCUT2D eigenvalue weighted by atomic mass is 14.3. The van der Waals surface area contributed by atoms with Crippen molar-refractivity contribution >= 4 is 0 Å². The third kappa shape index (κ3) is 3.81. The zero-order valence-corrected chi connectivity index (χ0v) is 11.4. The average molecular weight is 210 g/mol. The maximum atomic E-state index is 2.44. The molecule has 0 amide bonds. The molecule has 0 aromatic carbocycles. The molecule has 0 aliphatic heterocycles. The largest absolute Gasteiger partial charge is 0.0625 e. The van der Waals surface area contributed by atoms with Crippen molar-refractivity contribution in [3.05, 3.63) is 0 Å². The van der Waals surface area contributed by atoms with E-state index in [-0.39, 0.29) is 0 Å². The smallest absolute Gasteiger partial charge is 0.0360 e. The van der Waals surface area contributed by atoms with Gasteiger partial charge in [0.25, 0.3) is 0 Å². The number of rotatable bonds is 2. The van der Waals surface area contributed by atoms with Crippen molar-refractivity contribution in [1.29, 1.82) is 0 Å². The van der Waals surface area contributed by atoms with Crippen molar-refractivity contribution in [1.82, 2.24) is 0 Å². The molecule has 0 aromatic rings. The van der Waals surface area contributed by atoms with Gasteiger partial charge in [-0.15, -0.1) is 0 Å². The molecule has 90 valence electrons. The lowest BCUT2D eigenvalue weighted by molar-refractivity contribution is 0.143. The first-order valence-electron chi connectivity index (χ1n) is 7.02. The normalized spacial score (nSPS) is 34.2. The molecule has 1 aliphatic rings. The lowest BCUT2D eigenvalue weighted by Crippen LogP contribution is -2.27. The highest BCUT2D eigenvalue weighted by Gasteiger charge is 2.28. The van der Waals surface area contributed by atoms with Crippen molar-refractivity contribution < 1.29 is 0 Å². The van der Waals surface area contributed by atoms with Crippen molar-refractivity contribution in [3.8, 4) is 0 Å². The van der Waals surface area contributed by atoms with Crippen LogP contribution in [0.25, 0.3) is 0 Å². The second-order valence-corrected chi connectivity index (χ2v) is 6.43. The summed E-state index contributed by atoms with van der Waals surface area (Å²) < 4.78 is 0. The van der Waals surface area contributed by atoms with Crippen LogP contribution in [0.5, 0.6) is 0 Å². The quantitative estimate of drug-likeness (QED) is 0.592. The standard InChI is InChI=1S/C15H30/c1-11(2)14-8-6-7-13(5)9-10-15(14)12(3)4/h11-15H,6-10H2,1-5H3. The molecule has 1 saturated carbocycles. The van der Waals surface area contributed by atoms with E-state index in [4.69, 9.17) is 0 Å². The van der Waals surface area contributed by atoms with Crippen LogP contribution in [0.3, 0.4) is 0 Å². The van der Waals surface area contributed by atoms with Gasteiger partial charge in [-0.3, -0.25) is 0 Å². The van der Waals surface area contributed by atoms with E-state index in [0.717, 1.165) is 29.6 Å². The minimum absolute atomic E-state index is 0.877. The second-order valence-electron chi connectivity index (χ2n) is 6.43. The van der Waals surface area contributed by atoms with Crippen LogP contribution in [0, 0.1) is 29.6 Å². The van der Waals surface area contributed by atoms with E-state index in [0.29, 0.717) is 0 Å². The molecule has 0 aromatic heterocycles. The fourth-order valence-corrected chi connectivity index (χ4v) is 3.41. The van der Waals surface area contributed by atoms with Gasteiger partial charge in [-0.05, 0) is 42.4 Å². The summed E-state index contributed by atoms with van der Waals surface area (Å²) in [5, 5.41) is 0. The molecule has 1 fully saturated rings. The predicted molar refractivity (Wildman–Crippen MR) is 68.9 cm³/mol. The maximum Gasteiger partial charge on any atom is -0.0360 e. The van der Waals surface area contributed by atoms with Crippen LogP contribution in [-0.2, 0) is 0 Å². The Hall–Kier alpha value is 0. The first-order chi connectivity index (χ1) is 7.02. The summed E-state index contributed by atoms with van der Waals surface area (Å²) in [4.78, 5) is 0. The Morgan fingerprint density at radius 1 is 0.733 bits per heavy atom. The zero-order valence-electron chi connectivity index (χ0n) is 11.4. The molecular formula is C15H30. The van der Waals surface area contributed by atoms with Gasteiger partial charge in [0, 0.05) is 0 Å². The van der Waals surface area contributed by atoms with Gasteiger partial charge in [-0.1, -0.05) is 53.9 Å². The summed E-state index contributed by atoms with van der Waals surface area (Å²) in [6.07, 6.45) is 7.35. The molecule has 0 heterocycles. The lowest BCUT2D eigenvalue weighted by Gasteiger charge is -2.36. The maximum absolute atomic E-state index is 2.44. The summed E-state index contributed by atoms with van der Waals surface area (Å²) in [7, 11) is 0. The molecule has 15 heavy (non-hydrogen) atoms. The molecule has 0 radical (unpaired) electrons. The Morgan fingerprint density at radius 2 is 1.27 bits per heavy atom. The van der Waals surface area contributed by atoms with E-state index in [1.165, 1.54) is 32.1 Å². The Bertz CT molecular complexity index is 169. The monoisotopic (exact) mass is 210 g/mol. The molecule has 0 saturated heterocycles. The molecule has 0 nitrogen and oxygen atoms in total. The van der Waals surface area contributed by atoms with Gasteiger partial charge in [0.05, 0.1) is 0 Å². The van der Waals surface area contributed by atoms with Crippen LogP contribution in [0.1, 0.15) is 66.7 Å². The van der Waals surface area contributed by atoms with Gasteiger partial charge in [0.1, 0.15) is 0 Å². The first-order valence-corrected chi connectivity index (χ1v) is 7.02. The third-order valence-electron chi connectivity index (χ3n) is 4.49. The molecule has 0 bridgehead atoms. The van der Waals surface area contributed by atoms with Gasteiger partial charge >= 0.3 is 0 Å². The molecule has 0 N–H and O–H groups in total. The summed E-state index contributed by atoms with van der Waals surface area (Å²) in [5.74, 6) is 4.69. The lowest BCUT2D eigenvalue weighted by atomic mass is 9.70. The van der Waals surface area contributed by atoms with Crippen LogP contribution in [0.2, 0.25) is 0 Å². The van der Waals surface area contributed by atoms with E-state index in [9.17, 15) is 0 Å². The SMILES string of the molecule is CC1CCCC(C(C)C)C(C(C)C)CC1. The summed E-state index contributed by atoms with van der Waals surface area (Å²) in [5.41, 5.74) is 0. The summed E-state index contributed by atoms with van der Waals surface area (Å²) in [6, 6.07) is 0. The van der Waals surface area contributed by atoms with Crippen LogP contribution < -0.4 is 0 Å². The first kappa shape index (κ1) is 13.1. The minimum atomic E-state index is 0.877. The fourth-order valence-electron chi connectivity index (χ4n) is 3.41. The van der Waals surface area contributed by atoms with Gasteiger partial charge < -0.3 is 0 Å². The fraction of sp³-hybridized carbons (Fsp3) is 1.00. The molecular weight excluding hydrogens is 180 g/mol. The molecule has 0 spiro atoms. The van der Waals surface area contributed by atoms with Gasteiger partial charge in [-0.25, -0.2) is 0 Å². The van der Waals surface area contributed by atoms with Gasteiger partial charge in [-0.2, -0.15) is 0 Å². The van der Waals surface area contributed by atoms with E-state index >= 15 is 0 Å². The topological polar surface area (TPSA) is 0 Å². The van der Waals surface area contributed by atoms with Gasteiger partial charge in [0.15, 0.2) is 0 Å². The predicted octanol–water partition coefficient (Wildman–Crippen LogP) is 5.13. The van der Waals surface area contributed by atoms with Crippen molar-refractivity contribution in [3.63, 3.8) is 0 Å². The Balaban J connectivity index is 2.64. The molecule has 0 heteroatoms. The third-order valence-corrected chi connectivity index (χ3v) is 4.49. The number of hydrogen-bond acceptors (Lipinski definition) is 0.